The molecule has 0 aliphatic heterocycles. The summed E-state index contributed by atoms with van der Waals surface area (Å²) in [4.78, 5) is 20.7. The van der Waals surface area contributed by atoms with Gasteiger partial charge in [-0.25, -0.2) is 4.98 Å². The smallest absolute Gasteiger partial charge is 0.140 e. The number of imidazole rings is 1. The van der Waals surface area contributed by atoms with Crippen LogP contribution >= 0.6 is 0 Å². The number of para-hydroxylation sites is 2. The first-order chi connectivity index (χ1) is 10.2. The molecule has 0 unspecified atom stereocenters. The number of fused-ring (bicyclic) bond motifs is 1. The summed E-state index contributed by atoms with van der Waals surface area (Å²) in [6, 6.07) is 11.8. The highest BCUT2D eigenvalue weighted by molar-refractivity contribution is 5.82. The number of aromatic nitrogens is 3. The molecule has 0 atom stereocenters. The number of hydrogen-bond acceptors (Lipinski definition) is 3. The summed E-state index contributed by atoms with van der Waals surface area (Å²) in [5.41, 5.74) is 3.15. The van der Waals surface area contributed by atoms with Crippen molar-refractivity contribution in [2.24, 2.45) is 7.05 Å². The molecule has 2 heterocycles. The molecule has 21 heavy (non-hydrogen) atoms. The minimum Gasteiger partial charge on any atom is -0.331 e. The molecule has 0 bridgehead atoms. The van der Waals surface area contributed by atoms with E-state index in [1.54, 1.807) is 12.4 Å². The number of nitrogens with zero attached hydrogens (tertiary/aromatic N) is 3. The van der Waals surface area contributed by atoms with Crippen LogP contribution < -0.4 is 0 Å². The summed E-state index contributed by atoms with van der Waals surface area (Å²) in [5, 5.41) is 0. The van der Waals surface area contributed by atoms with Crippen molar-refractivity contribution in [2.75, 3.05) is 0 Å². The minimum absolute atomic E-state index is 0.213. The summed E-state index contributed by atoms with van der Waals surface area (Å²) in [5.74, 6) is 1.04. The van der Waals surface area contributed by atoms with E-state index in [-0.39, 0.29) is 5.78 Å². The van der Waals surface area contributed by atoms with E-state index in [4.69, 9.17) is 0 Å². The number of carbonyl (C=O) groups is 1. The maximum absolute atomic E-state index is 12.1. The van der Waals surface area contributed by atoms with E-state index >= 15 is 0 Å². The highest BCUT2D eigenvalue weighted by Gasteiger charge is 2.11. The third-order valence-corrected chi connectivity index (χ3v) is 3.68. The van der Waals surface area contributed by atoms with Crippen molar-refractivity contribution in [1.29, 1.82) is 0 Å². The van der Waals surface area contributed by atoms with Gasteiger partial charge in [-0.05, 0) is 36.2 Å². The summed E-state index contributed by atoms with van der Waals surface area (Å²) in [6.07, 6.45) is 5.19. The van der Waals surface area contributed by atoms with Crippen LogP contribution in [-0.2, 0) is 24.7 Å². The molecule has 4 heteroatoms. The molecule has 1 aromatic carbocycles. The Labute approximate surface area is 123 Å². The molecule has 0 N–H and O–H groups in total. The first-order valence-corrected chi connectivity index (χ1v) is 7.05. The molecule has 0 radical (unpaired) electrons. The molecule has 0 aliphatic rings. The Kier molecular flexibility index (Phi) is 3.77. The Morgan fingerprint density at radius 3 is 2.67 bits per heavy atom. The van der Waals surface area contributed by atoms with E-state index in [1.807, 2.05) is 48.0 Å². The van der Waals surface area contributed by atoms with Gasteiger partial charge in [0, 0.05) is 25.9 Å². The van der Waals surface area contributed by atoms with Gasteiger partial charge in [0.1, 0.15) is 11.6 Å². The molecule has 0 saturated heterocycles. The molecule has 3 rings (SSSR count). The minimum atomic E-state index is 0.213. The average Bonchev–Trinajstić information content (AvgIpc) is 2.83. The first kappa shape index (κ1) is 13.5. The highest BCUT2D eigenvalue weighted by Crippen LogP contribution is 2.15. The van der Waals surface area contributed by atoms with Crippen molar-refractivity contribution in [3.8, 4) is 0 Å². The van der Waals surface area contributed by atoms with Crippen molar-refractivity contribution < 1.29 is 4.79 Å². The number of pyridine rings is 1. The fourth-order valence-electron chi connectivity index (χ4n) is 2.45. The van der Waals surface area contributed by atoms with E-state index in [0.717, 1.165) is 28.8 Å². The average molecular weight is 279 g/mol. The lowest BCUT2D eigenvalue weighted by Gasteiger charge is -2.03. The Bertz CT molecular complexity index is 762. The standard InChI is InChI=1S/C17H17N3O/c1-20-16-5-3-2-4-15(16)19-17(20)12-14(21)7-6-13-8-10-18-11-9-13/h2-5,8-11H,6-7,12H2,1H3. The van der Waals surface area contributed by atoms with Gasteiger partial charge in [-0.2, -0.15) is 0 Å². The number of aryl methyl sites for hydroxylation is 2. The Morgan fingerprint density at radius 2 is 1.90 bits per heavy atom. The maximum Gasteiger partial charge on any atom is 0.140 e. The van der Waals surface area contributed by atoms with Gasteiger partial charge in [0.05, 0.1) is 17.5 Å². The molecule has 0 saturated carbocycles. The van der Waals surface area contributed by atoms with E-state index in [2.05, 4.69) is 9.97 Å². The molecular formula is C17H17N3O. The van der Waals surface area contributed by atoms with Crippen LogP contribution in [0, 0.1) is 0 Å². The Balaban J connectivity index is 1.67. The van der Waals surface area contributed by atoms with Crippen LogP contribution in [0.4, 0.5) is 0 Å². The number of rotatable bonds is 5. The largest absolute Gasteiger partial charge is 0.331 e. The summed E-state index contributed by atoms with van der Waals surface area (Å²) < 4.78 is 2.00. The van der Waals surface area contributed by atoms with Crippen molar-refractivity contribution >= 4 is 16.8 Å². The van der Waals surface area contributed by atoms with Crippen molar-refractivity contribution in [2.45, 2.75) is 19.3 Å². The highest BCUT2D eigenvalue weighted by atomic mass is 16.1. The van der Waals surface area contributed by atoms with Crippen molar-refractivity contribution in [3.05, 3.63) is 60.2 Å². The van der Waals surface area contributed by atoms with Gasteiger partial charge in [0.2, 0.25) is 0 Å². The van der Waals surface area contributed by atoms with Gasteiger partial charge in [-0.15, -0.1) is 0 Å². The van der Waals surface area contributed by atoms with Gasteiger partial charge < -0.3 is 4.57 Å². The van der Waals surface area contributed by atoms with Crippen LogP contribution in [0.3, 0.4) is 0 Å². The second-order valence-corrected chi connectivity index (χ2v) is 5.15. The molecule has 0 aliphatic carbocycles. The lowest BCUT2D eigenvalue weighted by Crippen LogP contribution is -2.09. The van der Waals surface area contributed by atoms with Gasteiger partial charge in [0.25, 0.3) is 0 Å². The molecular weight excluding hydrogens is 262 g/mol. The fraction of sp³-hybridized carbons (Fsp3) is 0.235. The number of carbonyl (C=O) groups excluding carboxylic acids is 1. The molecule has 0 spiro atoms. The number of hydrogen-bond donors (Lipinski definition) is 0. The first-order valence-electron chi connectivity index (χ1n) is 7.05. The van der Waals surface area contributed by atoms with Crippen LogP contribution in [0.2, 0.25) is 0 Å². The van der Waals surface area contributed by atoms with E-state index < -0.39 is 0 Å². The second kappa shape index (κ2) is 5.87. The van der Waals surface area contributed by atoms with Gasteiger partial charge in [0.15, 0.2) is 0 Å². The summed E-state index contributed by atoms with van der Waals surface area (Å²) in [7, 11) is 1.96. The van der Waals surface area contributed by atoms with E-state index in [0.29, 0.717) is 12.8 Å². The van der Waals surface area contributed by atoms with Crippen molar-refractivity contribution in [1.82, 2.24) is 14.5 Å². The maximum atomic E-state index is 12.1. The zero-order valence-corrected chi connectivity index (χ0v) is 12.0. The third kappa shape index (κ3) is 2.99. The van der Waals surface area contributed by atoms with Gasteiger partial charge >= 0.3 is 0 Å². The normalized spacial score (nSPS) is 10.9. The predicted octanol–water partition coefficient (Wildman–Crippen LogP) is 2.71. The second-order valence-electron chi connectivity index (χ2n) is 5.15. The predicted molar refractivity (Wildman–Crippen MR) is 82.0 cm³/mol. The monoisotopic (exact) mass is 279 g/mol. The van der Waals surface area contributed by atoms with Crippen LogP contribution in [-0.4, -0.2) is 20.3 Å². The van der Waals surface area contributed by atoms with Crippen LogP contribution in [0.25, 0.3) is 11.0 Å². The number of ketones is 1. The van der Waals surface area contributed by atoms with Crippen LogP contribution in [0.5, 0.6) is 0 Å². The Morgan fingerprint density at radius 1 is 1.14 bits per heavy atom. The zero-order valence-electron chi connectivity index (χ0n) is 12.0. The SMILES string of the molecule is Cn1c(CC(=O)CCc2ccncc2)nc2ccccc21. The van der Waals surface area contributed by atoms with Crippen LogP contribution in [0.15, 0.2) is 48.8 Å². The third-order valence-electron chi connectivity index (χ3n) is 3.68. The quantitative estimate of drug-likeness (QED) is 0.721. The molecule has 3 aromatic rings. The van der Waals surface area contributed by atoms with Gasteiger partial charge in [-0.1, -0.05) is 12.1 Å². The summed E-state index contributed by atoms with van der Waals surface area (Å²) in [6.45, 7) is 0. The van der Waals surface area contributed by atoms with E-state index in [1.165, 1.54) is 0 Å². The lowest BCUT2D eigenvalue weighted by atomic mass is 10.1. The molecule has 4 nitrogen and oxygen atoms in total. The lowest BCUT2D eigenvalue weighted by molar-refractivity contribution is -0.118. The van der Waals surface area contributed by atoms with Gasteiger partial charge in [-0.3, -0.25) is 9.78 Å². The van der Waals surface area contributed by atoms with Crippen molar-refractivity contribution in [3.63, 3.8) is 0 Å². The fourth-order valence-corrected chi connectivity index (χ4v) is 2.45. The molecule has 106 valence electrons. The molecule has 0 amide bonds. The number of benzene rings is 1. The zero-order chi connectivity index (χ0) is 14.7. The van der Waals surface area contributed by atoms with E-state index in [9.17, 15) is 4.79 Å². The number of Topliss-reactive ketones (excluding diaryl/α,β-unsaturated/α-hetero) is 1. The summed E-state index contributed by atoms with van der Waals surface area (Å²) >= 11 is 0. The Hall–Kier alpha value is -2.49. The molecule has 2 aromatic heterocycles. The molecule has 0 fully saturated rings. The topological polar surface area (TPSA) is 47.8 Å². The van der Waals surface area contributed by atoms with Crippen LogP contribution in [0.1, 0.15) is 17.8 Å².